The van der Waals surface area contributed by atoms with Crippen molar-refractivity contribution in [3.8, 4) is 0 Å². The largest absolute Gasteiger partial charge is 0.376 e. The van der Waals surface area contributed by atoms with Gasteiger partial charge >= 0.3 is 0 Å². The van der Waals surface area contributed by atoms with Gasteiger partial charge in [0.1, 0.15) is 17.8 Å². The molecule has 0 aromatic carbocycles. The molecule has 0 unspecified atom stereocenters. The van der Waals surface area contributed by atoms with Crippen LogP contribution >= 0.6 is 0 Å². The smallest absolute Gasteiger partial charge is 0.272 e. The molecule has 1 amide bonds. The molecule has 122 valence electrons. The monoisotopic (exact) mass is 315 g/mol. The number of pyridine rings is 1. The van der Waals surface area contributed by atoms with Crippen molar-refractivity contribution in [2.75, 3.05) is 20.2 Å². The fourth-order valence-corrected chi connectivity index (χ4v) is 2.98. The van der Waals surface area contributed by atoms with Crippen molar-refractivity contribution in [1.29, 1.82) is 0 Å². The minimum atomic E-state index is -0.0781. The molecule has 2 aromatic rings. The van der Waals surface area contributed by atoms with Crippen LogP contribution in [0.1, 0.15) is 41.1 Å². The number of aromatic nitrogens is 4. The highest BCUT2D eigenvalue weighted by Crippen LogP contribution is 2.29. The first kappa shape index (κ1) is 15.6. The molecule has 1 saturated heterocycles. The molecule has 0 aliphatic carbocycles. The lowest BCUT2D eigenvalue weighted by molar-refractivity contribution is 0.0545. The first-order valence-corrected chi connectivity index (χ1v) is 7.87. The molecule has 1 N–H and O–H groups in total. The van der Waals surface area contributed by atoms with Gasteiger partial charge < -0.3 is 9.64 Å². The number of nitrogens with one attached hydrogen (secondary N) is 1. The van der Waals surface area contributed by atoms with Gasteiger partial charge in [0.05, 0.1) is 6.10 Å². The second kappa shape index (κ2) is 6.87. The third-order valence-corrected chi connectivity index (χ3v) is 4.27. The van der Waals surface area contributed by atoms with Crippen LogP contribution in [0.15, 0.2) is 24.7 Å². The van der Waals surface area contributed by atoms with Crippen molar-refractivity contribution >= 4 is 5.91 Å². The zero-order chi connectivity index (χ0) is 16.2. The van der Waals surface area contributed by atoms with Crippen LogP contribution in [0.4, 0.5) is 0 Å². The van der Waals surface area contributed by atoms with Crippen molar-refractivity contribution in [3.63, 3.8) is 0 Å². The Hall–Kier alpha value is -2.28. The first-order valence-electron chi connectivity index (χ1n) is 7.87. The Morgan fingerprint density at radius 3 is 3.09 bits per heavy atom. The summed E-state index contributed by atoms with van der Waals surface area (Å²) in [5, 5.41) is 6.81. The maximum Gasteiger partial charge on any atom is 0.272 e. The maximum absolute atomic E-state index is 12.7. The lowest BCUT2D eigenvalue weighted by Crippen LogP contribution is -2.37. The summed E-state index contributed by atoms with van der Waals surface area (Å²) in [6.45, 7) is 3.19. The summed E-state index contributed by atoms with van der Waals surface area (Å²) in [6, 6.07) is 3.80. The zero-order valence-corrected chi connectivity index (χ0v) is 13.4. The van der Waals surface area contributed by atoms with Crippen molar-refractivity contribution in [3.05, 3.63) is 41.7 Å². The Kier molecular flexibility index (Phi) is 4.66. The van der Waals surface area contributed by atoms with Crippen LogP contribution in [0, 0.1) is 0 Å². The summed E-state index contributed by atoms with van der Waals surface area (Å²) < 4.78 is 5.80. The van der Waals surface area contributed by atoms with Crippen molar-refractivity contribution in [2.45, 2.75) is 31.8 Å². The van der Waals surface area contributed by atoms with Gasteiger partial charge in [-0.1, -0.05) is 13.0 Å². The van der Waals surface area contributed by atoms with E-state index in [1.807, 2.05) is 19.1 Å². The van der Waals surface area contributed by atoms with Crippen LogP contribution in [0.2, 0.25) is 0 Å². The standard InChI is InChI=1S/C16H21N5O2/c1-3-11-5-4-7-17-14(11)16(22)21(2)9-13-12(6-8-23-13)15-18-10-19-20-15/h4-5,7,10,12-13H,3,6,8-9H2,1-2H3,(H,18,19,20)/t12-,13-/m1/s1. The predicted octanol–water partition coefficient (Wildman–Crippen LogP) is 1.41. The predicted molar refractivity (Wildman–Crippen MR) is 84.1 cm³/mol. The number of carbonyl (C=O) groups is 1. The van der Waals surface area contributed by atoms with E-state index >= 15 is 0 Å². The molecular weight excluding hydrogens is 294 g/mol. The van der Waals surface area contributed by atoms with E-state index in [1.165, 1.54) is 6.33 Å². The summed E-state index contributed by atoms with van der Waals surface area (Å²) in [4.78, 5) is 22.8. The molecule has 2 atom stereocenters. The lowest BCUT2D eigenvalue weighted by atomic mass is 10.00. The third kappa shape index (κ3) is 3.24. The average Bonchev–Trinajstić information content (AvgIpc) is 3.25. The molecule has 7 nitrogen and oxygen atoms in total. The van der Waals surface area contributed by atoms with E-state index in [1.54, 1.807) is 18.1 Å². The Labute approximate surface area is 135 Å². The molecule has 2 aromatic heterocycles. The number of hydrogen-bond acceptors (Lipinski definition) is 5. The zero-order valence-electron chi connectivity index (χ0n) is 13.4. The second-order valence-electron chi connectivity index (χ2n) is 5.73. The van der Waals surface area contributed by atoms with Crippen LogP contribution < -0.4 is 0 Å². The van der Waals surface area contributed by atoms with Crippen LogP contribution in [0.3, 0.4) is 0 Å². The molecule has 0 bridgehead atoms. The molecule has 0 spiro atoms. The van der Waals surface area contributed by atoms with Gasteiger partial charge in [-0.25, -0.2) is 4.98 Å². The van der Waals surface area contributed by atoms with Crippen LogP contribution in [-0.4, -0.2) is 57.3 Å². The summed E-state index contributed by atoms with van der Waals surface area (Å²) in [5.74, 6) is 0.886. The third-order valence-electron chi connectivity index (χ3n) is 4.27. The summed E-state index contributed by atoms with van der Waals surface area (Å²) in [7, 11) is 1.79. The quantitative estimate of drug-likeness (QED) is 0.902. The fourth-order valence-electron chi connectivity index (χ4n) is 2.98. The normalized spacial score (nSPS) is 20.6. The number of nitrogens with zero attached hydrogens (tertiary/aromatic N) is 4. The van der Waals surface area contributed by atoms with E-state index in [0.717, 1.165) is 24.2 Å². The SMILES string of the molecule is CCc1cccnc1C(=O)N(C)C[C@H]1OCC[C@H]1c1ncn[nH]1. The maximum atomic E-state index is 12.7. The van der Waals surface area contributed by atoms with Gasteiger partial charge in [0.2, 0.25) is 0 Å². The highest BCUT2D eigenvalue weighted by Gasteiger charge is 2.33. The number of carbonyl (C=O) groups excluding carboxylic acids is 1. The van der Waals surface area contributed by atoms with E-state index in [9.17, 15) is 4.79 Å². The minimum Gasteiger partial charge on any atom is -0.376 e. The number of aryl methyl sites for hydroxylation is 1. The topological polar surface area (TPSA) is 84.0 Å². The Bertz CT molecular complexity index is 658. The molecule has 0 radical (unpaired) electrons. The van der Waals surface area contributed by atoms with Gasteiger partial charge in [-0.15, -0.1) is 0 Å². The van der Waals surface area contributed by atoms with E-state index in [4.69, 9.17) is 4.74 Å². The first-order chi connectivity index (χ1) is 11.2. The molecule has 3 rings (SSSR count). The molecule has 23 heavy (non-hydrogen) atoms. The van der Waals surface area contributed by atoms with Gasteiger partial charge in [-0.3, -0.25) is 14.9 Å². The second-order valence-corrected chi connectivity index (χ2v) is 5.73. The number of likely N-dealkylation sites (N-methyl/N-ethyl adjacent to an activating group) is 1. The molecule has 1 fully saturated rings. The number of ether oxygens (including phenoxy) is 1. The summed E-state index contributed by atoms with van der Waals surface area (Å²) in [6.07, 6.45) is 4.74. The Balaban J connectivity index is 1.71. The minimum absolute atomic E-state index is 0.0748. The molecule has 1 aliphatic heterocycles. The molecular formula is C16H21N5O2. The highest BCUT2D eigenvalue weighted by molar-refractivity contribution is 5.93. The number of aromatic amines is 1. The van der Waals surface area contributed by atoms with E-state index < -0.39 is 0 Å². The van der Waals surface area contributed by atoms with E-state index in [2.05, 4.69) is 20.2 Å². The van der Waals surface area contributed by atoms with Gasteiger partial charge in [0.25, 0.3) is 5.91 Å². The molecule has 3 heterocycles. The fraction of sp³-hybridized carbons (Fsp3) is 0.500. The number of hydrogen-bond donors (Lipinski definition) is 1. The Morgan fingerprint density at radius 1 is 1.48 bits per heavy atom. The van der Waals surface area contributed by atoms with Crippen molar-refractivity contribution in [2.24, 2.45) is 0 Å². The molecule has 7 heteroatoms. The Morgan fingerprint density at radius 2 is 2.35 bits per heavy atom. The van der Waals surface area contributed by atoms with Crippen molar-refractivity contribution in [1.82, 2.24) is 25.1 Å². The number of amides is 1. The van der Waals surface area contributed by atoms with Crippen LogP contribution in [-0.2, 0) is 11.2 Å². The van der Waals surface area contributed by atoms with Crippen LogP contribution in [0.25, 0.3) is 0 Å². The van der Waals surface area contributed by atoms with Gasteiger partial charge in [-0.05, 0) is 24.5 Å². The van der Waals surface area contributed by atoms with Gasteiger partial charge in [0.15, 0.2) is 0 Å². The van der Waals surface area contributed by atoms with Crippen molar-refractivity contribution < 1.29 is 9.53 Å². The molecule has 0 saturated carbocycles. The lowest BCUT2D eigenvalue weighted by Gasteiger charge is -2.24. The van der Waals surface area contributed by atoms with Gasteiger partial charge in [-0.2, -0.15) is 5.10 Å². The van der Waals surface area contributed by atoms with Gasteiger partial charge in [0, 0.05) is 32.3 Å². The average molecular weight is 315 g/mol. The summed E-state index contributed by atoms with van der Waals surface area (Å²) >= 11 is 0. The van der Waals surface area contributed by atoms with Crippen LogP contribution in [0.5, 0.6) is 0 Å². The highest BCUT2D eigenvalue weighted by atomic mass is 16.5. The van der Waals surface area contributed by atoms with E-state index in [0.29, 0.717) is 18.8 Å². The number of rotatable bonds is 5. The van der Waals surface area contributed by atoms with E-state index in [-0.39, 0.29) is 17.9 Å². The summed E-state index contributed by atoms with van der Waals surface area (Å²) in [5.41, 5.74) is 1.48. The number of H-pyrrole nitrogens is 1. The molecule has 1 aliphatic rings.